The largest absolute Gasteiger partial charge is 0.489 e. The molecule has 0 aliphatic carbocycles. The molecule has 0 heterocycles. The van der Waals surface area contributed by atoms with Gasteiger partial charge < -0.3 is 14.2 Å². The van der Waals surface area contributed by atoms with Crippen molar-refractivity contribution in [2.45, 2.75) is 18.9 Å². The van der Waals surface area contributed by atoms with Crippen LogP contribution in [-0.2, 0) is 4.74 Å². The van der Waals surface area contributed by atoms with Crippen molar-refractivity contribution in [3.05, 3.63) is 95.6 Å². The number of carbonyl (C=O) groups is 1. The van der Waals surface area contributed by atoms with Gasteiger partial charge in [0.25, 0.3) is 0 Å². The monoisotopic (exact) mass is 390 g/mol. The number of hydrogen-bond acceptors (Lipinski definition) is 4. The third-order valence-corrected chi connectivity index (χ3v) is 4.72. The Kier molecular flexibility index (Phi) is 7.42. The summed E-state index contributed by atoms with van der Waals surface area (Å²) in [4.78, 5) is 11.3. The van der Waals surface area contributed by atoms with Crippen LogP contribution in [-0.4, -0.2) is 26.6 Å². The molecule has 0 N–H and O–H groups in total. The van der Waals surface area contributed by atoms with Gasteiger partial charge in [0.15, 0.2) is 11.5 Å². The zero-order chi connectivity index (χ0) is 20.5. The summed E-state index contributed by atoms with van der Waals surface area (Å²) in [6, 6.07) is 25.3. The van der Waals surface area contributed by atoms with Gasteiger partial charge in [-0.2, -0.15) is 0 Å². The smallest absolute Gasteiger partial charge is 0.162 e. The molecule has 4 heteroatoms. The molecule has 0 amide bonds. The standard InChI is InChI=1S/C25H26O4/c1-19(21-9-5-3-6-10-21)17-28-23-14-13-20(16-26)15-24(23)29-25(18-27-2)22-11-7-4-8-12-22/h3-16,19,25H,17-18H2,1-2H3/t19-,25?/m0/s1. The highest BCUT2D eigenvalue weighted by molar-refractivity contribution is 5.76. The Balaban J connectivity index is 1.80. The molecule has 3 aromatic carbocycles. The highest BCUT2D eigenvalue weighted by Gasteiger charge is 2.17. The second kappa shape index (κ2) is 10.4. The number of rotatable bonds is 10. The van der Waals surface area contributed by atoms with E-state index in [1.165, 1.54) is 5.56 Å². The summed E-state index contributed by atoms with van der Waals surface area (Å²) < 4.78 is 17.7. The van der Waals surface area contributed by atoms with Crippen molar-refractivity contribution in [1.29, 1.82) is 0 Å². The molecule has 0 aromatic heterocycles. The van der Waals surface area contributed by atoms with Crippen LogP contribution in [0.2, 0.25) is 0 Å². The Bertz CT molecular complexity index is 893. The number of methoxy groups -OCH3 is 1. The molecule has 0 saturated heterocycles. The minimum absolute atomic E-state index is 0.221. The zero-order valence-corrected chi connectivity index (χ0v) is 16.8. The molecule has 29 heavy (non-hydrogen) atoms. The highest BCUT2D eigenvalue weighted by Crippen LogP contribution is 2.33. The third-order valence-electron chi connectivity index (χ3n) is 4.72. The van der Waals surface area contributed by atoms with Crippen molar-refractivity contribution >= 4 is 6.29 Å². The maximum atomic E-state index is 11.3. The van der Waals surface area contributed by atoms with E-state index in [0.29, 0.717) is 30.3 Å². The van der Waals surface area contributed by atoms with Crippen molar-refractivity contribution in [1.82, 2.24) is 0 Å². The molecule has 1 unspecified atom stereocenters. The normalized spacial score (nSPS) is 12.8. The first-order chi connectivity index (χ1) is 14.2. The summed E-state index contributed by atoms with van der Waals surface area (Å²) in [5.41, 5.74) is 2.74. The maximum Gasteiger partial charge on any atom is 0.162 e. The van der Waals surface area contributed by atoms with Crippen molar-refractivity contribution in [3.8, 4) is 11.5 Å². The molecule has 150 valence electrons. The van der Waals surface area contributed by atoms with Crippen LogP contribution in [0.1, 0.15) is 40.4 Å². The summed E-state index contributed by atoms with van der Waals surface area (Å²) in [5.74, 6) is 1.36. The van der Waals surface area contributed by atoms with E-state index >= 15 is 0 Å². The van der Waals surface area contributed by atoms with Gasteiger partial charge >= 0.3 is 0 Å². The number of ether oxygens (including phenoxy) is 3. The minimum atomic E-state index is -0.308. The third kappa shape index (κ3) is 5.69. The Labute approximate surface area is 172 Å². The van der Waals surface area contributed by atoms with Gasteiger partial charge in [-0.3, -0.25) is 4.79 Å². The lowest BCUT2D eigenvalue weighted by molar-refractivity contribution is 0.0780. The quantitative estimate of drug-likeness (QED) is 0.432. The molecule has 0 aliphatic rings. The van der Waals surface area contributed by atoms with Gasteiger partial charge in [-0.25, -0.2) is 0 Å². The Morgan fingerprint density at radius 2 is 1.48 bits per heavy atom. The molecule has 4 nitrogen and oxygen atoms in total. The molecule has 0 aliphatic heterocycles. The van der Waals surface area contributed by atoms with E-state index in [1.54, 1.807) is 25.3 Å². The van der Waals surface area contributed by atoms with E-state index < -0.39 is 0 Å². The second-order valence-corrected chi connectivity index (χ2v) is 6.92. The number of carbonyl (C=O) groups excluding carboxylic acids is 1. The first-order valence-corrected chi connectivity index (χ1v) is 9.68. The van der Waals surface area contributed by atoms with E-state index in [4.69, 9.17) is 14.2 Å². The van der Waals surface area contributed by atoms with Crippen molar-refractivity contribution in [2.75, 3.05) is 20.3 Å². The predicted octanol–water partition coefficient (Wildman–Crippen LogP) is 5.45. The molecular formula is C25H26O4. The average molecular weight is 390 g/mol. The second-order valence-electron chi connectivity index (χ2n) is 6.92. The van der Waals surface area contributed by atoms with Crippen LogP contribution >= 0.6 is 0 Å². The lowest BCUT2D eigenvalue weighted by Crippen LogP contribution is -2.15. The first kappa shape index (κ1) is 20.6. The Hall–Kier alpha value is -3.11. The average Bonchev–Trinajstić information content (AvgIpc) is 2.78. The maximum absolute atomic E-state index is 11.3. The van der Waals surface area contributed by atoms with Gasteiger partial charge in [-0.1, -0.05) is 67.6 Å². The molecule has 0 saturated carbocycles. The summed E-state index contributed by atoms with van der Waals surface area (Å²) in [7, 11) is 1.64. The van der Waals surface area contributed by atoms with Gasteiger partial charge in [0.2, 0.25) is 0 Å². The summed E-state index contributed by atoms with van der Waals surface area (Å²) in [6.07, 6.45) is 0.494. The molecular weight excluding hydrogens is 364 g/mol. The van der Waals surface area contributed by atoms with E-state index in [9.17, 15) is 4.79 Å². The minimum Gasteiger partial charge on any atom is -0.489 e. The van der Waals surface area contributed by atoms with Crippen molar-refractivity contribution < 1.29 is 19.0 Å². The molecule has 0 spiro atoms. The fraction of sp³-hybridized carbons (Fsp3) is 0.240. The zero-order valence-electron chi connectivity index (χ0n) is 16.8. The van der Waals surface area contributed by atoms with Gasteiger partial charge in [0.05, 0.1) is 13.2 Å². The molecule has 3 aromatic rings. The lowest BCUT2D eigenvalue weighted by Gasteiger charge is -2.22. The molecule has 2 atom stereocenters. The van der Waals surface area contributed by atoms with Crippen LogP contribution in [0.25, 0.3) is 0 Å². The lowest BCUT2D eigenvalue weighted by atomic mass is 10.0. The Morgan fingerprint density at radius 3 is 2.10 bits per heavy atom. The molecule has 0 radical (unpaired) electrons. The highest BCUT2D eigenvalue weighted by atomic mass is 16.5. The fourth-order valence-electron chi connectivity index (χ4n) is 3.07. The summed E-state index contributed by atoms with van der Waals surface area (Å²) in [5, 5.41) is 0. The summed E-state index contributed by atoms with van der Waals surface area (Å²) in [6.45, 7) is 3.00. The van der Waals surface area contributed by atoms with Crippen LogP contribution in [0.5, 0.6) is 11.5 Å². The van der Waals surface area contributed by atoms with E-state index in [2.05, 4.69) is 19.1 Å². The van der Waals surface area contributed by atoms with Gasteiger partial charge in [0.1, 0.15) is 12.4 Å². The first-order valence-electron chi connectivity index (χ1n) is 9.68. The SMILES string of the molecule is COCC(Oc1cc(C=O)ccc1OC[C@H](C)c1ccccc1)c1ccccc1. The topological polar surface area (TPSA) is 44.8 Å². The Morgan fingerprint density at radius 1 is 0.828 bits per heavy atom. The molecule has 0 fully saturated rings. The number of benzene rings is 3. The van der Waals surface area contributed by atoms with Gasteiger partial charge in [0, 0.05) is 18.6 Å². The predicted molar refractivity (Wildman–Crippen MR) is 114 cm³/mol. The number of hydrogen-bond donors (Lipinski definition) is 0. The van der Waals surface area contributed by atoms with Crippen LogP contribution in [0.4, 0.5) is 0 Å². The van der Waals surface area contributed by atoms with Gasteiger partial charge in [-0.05, 0) is 29.3 Å². The van der Waals surface area contributed by atoms with E-state index in [-0.39, 0.29) is 12.0 Å². The molecule has 0 bridgehead atoms. The van der Waals surface area contributed by atoms with E-state index in [1.807, 2.05) is 48.5 Å². The van der Waals surface area contributed by atoms with Crippen molar-refractivity contribution in [3.63, 3.8) is 0 Å². The summed E-state index contributed by atoms with van der Waals surface area (Å²) >= 11 is 0. The van der Waals surface area contributed by atoms with Crippen LogP contribution < -0.4 is 9.47 Å². The van der Waals surface area contributed by atoms with Gasteiger partial charge in [-0.15, -0.1) is 0 Å². The number of aldehydes is 1. The fourth-order valence-corrected chi connectivity index (χ4v) is 3.07. The van der Waals surface area contributed by atoms with E-state index in [0.717, 1.165) is 11.8 Å². The van der Waals surface area contributed by atoms with Crippen LogP contribution in [0, 0.1) is 0 Å². The molecule has 3 rings (SSSR count). The van der Waals surface area contributed by atoms with Crippen LogP contribution in [0.15, 0.2) is 78.9 Å². The van der Waals surface area contributed by atoms with Crippen LogP contribution in [0.3, 0.4) is 0 Å². The van der Waals surface area contributed by atoms with Crippen molar-refractivity contribution in [2.24, 2.45) is 0 Å².